The lowest BCUT2D eigenvalue weighted by Gasteiger charge is -2.30. The van der Waals surface area contributed by atoms with Gasteiger partial charge >= 0.3 is 0 Å². The molecule has 0 saturated heterocycles. The highest BCUT2D eigenvalue weighted by Gasteiger charge is 2.20. The van der Waals surface area contributed by atoms with Crippen LogP contribution in [-0.2, 0) is 0 Å². The van der Waals surface area contributed by atoms with Crippen LogP contribution in [0.5, 0.6) is 0 Å². The molecular weight excluding hydrogens is 200 g/mol. The topological polar surface area (TPSA) is 76.1 Å². The summed E-state index contributed by atoms with van der Waals surface area (Å²) in [7, 11) is 0. The zero-order valence-electron chi connectivity index (χ0n) is 9.72. The van der Waals surface area contributed by atoms with Crippen molar-refractivity contribution < 1.29 is 0 Å². The number of nitrogen functional groups attached to an aromatic ring is 2. The molecule has 1 atom stereocenters. The largest absolute Gasteiger partial charge is 0.397 e. The Morgan fingerprint density at radius 2 is 1.94 bits per heavy atom. The van der Waals surface area contributed by atoms with E-state index in [2.05, 4.69) is 17.6 Å². The van der Waals surface area contributed by atoms with Gasteiger partial charge in [0.05, 0.1) is 22.7 Å². The number of hydrogen-bond donors (Lipinski definition) is 4. The molecule has 0 aromatic heterocycles. The van der Waals surface area contributed by atoms with E-state index in [0.717, 1.165) is 35.7 Å². The summed E-state index contributed by atoms with van der Waals surface area (Å²) in [6.07, 6.45) is 3.62. The van der Waals surface area contributed by atoms with Crippen molar-refractivity contribution in [2.45, 2.75) is 32.2 Å². The first-order valence-corrected chi connectivity index (χ1v) is 5.90. The molecule has 0 amide bonds. The summed E-state index contributed by atoms with van der Waals surface area (Å²) in [5.41, 5.74) is 15.3. The molecule has 0 bridgehead atoms. The highest BCUT2D eigenvalue weighted by Crippen LogP contribution is 2.37. The third-order valence-electron chi connectivity index (χ3n) is 3.05. The molecule has 1 heterocycles. The highest BCUT2D eigenvalue weighted by molar-refractivity contribution is 5.90. The van der Waals surface area contributed by atoms with E-state index in [4.69, 9.17) is 11.5 Å². The molecule has 1 aromatic carbocycles. The third kappa shape index (κ3) is 2.01. The van der Waals surface area contributed by atoms with Crippen molar-refractivity contribution >= 4 is 22.7 Å². The van der Waals surface area contributed by atoms with Gasteiger partial charge < -0.3 is 22.1 Å². The zero-order valence-corrected chi connectivity index (χ0v) is 9.72. The van der Waals surface area contributed by atoms with Crippen molar-refractivity contribution in [1.82, 2.24) is 0 Å². The SMILES string of the molecule is CCCCC1CNc2c(N)ccc(N)c2N1. The van der Waals surface area contributed by atoms with Gasteiger partial charge in [-0.3, -0.25) is 0 Å². The van der Waals surface area contributed by atoms with Crippen molar-refractivity contribution in [2.75, 3.05) is 28.6 Å². The minimum atomic E-state index is 0.455. The van der Waals surface area contributed by atoms with Crippen LogP contribution in [-0.4, -0.2) is 12.6 Å². The Labute approximate surface area is 96.4 Å². The minimum Gasteiger partial charge on any atom is -0.397 e. The maximum absolute atomic E-state index is 5.94. The molecule has 4 heteroatoms. The van der Waals surface area contributed by atoms with E-state index in [1.165, 1.54) is 12.8 Å². The lowest BCUT2D eigenvalue weighted by Crippen LogP contribution is -2.33. The molecule has 0 fully saturated rings. The Hall–Kier alpha value is -1.58. The molecule has 0 aliphatic carbocycles. The van der Waals surface area contributed by atoms with Crippen molar-refractivity contribution in [3.63, 3.8) is 0 Å². The fraction of sp³-hybridized carbons (Fsp3) is 0.500. The molecule has 0 radical (unpaired) electrons. The van der Waals surface area contributed by atoms with Gasteiger partial charge in [0.2, 0.25) is 0 Å². The Morgan fingerprint density at radius 1 is 1.25 bits per heavy atom. The molecule has 2 rings (SSSR count). The summed E-state index contributed by atoms with van der Waals surface area (Å²) in [6, 6.07) is 4.15. The molecule has 6 N–H and O–H groups in total. The Morgan fingerprint density at radius 3 is 2.62 bits per heavy atom. The number of unbranched alkanes of at least 4 members (excludes halogenated alkanes) is 1. The maximum atomic E-state index is 5.94. The van der Waals surface area contributed by atoms with E-state index in [1.807, 2.05) is 12.1 Å². The van der Waals surface area contributed by atoms with Crippen LogP contribution in [0.2, 0.25) is 0 Å². The average Bonchev–Trinajstić information content (AvgIpc) is 2.31. The van der Waals surface area contributed by atoms with Crippen LogP contribution in [0, 0.1) is 0 Å². The van der Waals surface area contributed by atoms with E-state index in [0.29, 0.717) is 6.04 Å². The summed E-state index contributed by atoms with van der Waals surface area (Å²) < 4.78 is 0. The Balaban J connectivity index is 2.16. The second kappa shape index (κ2) is 4.51. The number of anilines is 4. The molecule has 88 valence electrons. The van der Waals surface area contributed by atoms with Gasteiger partial charge in [0.15, 0.2) is 0 Å². The molecule has 4 nitrogen and oxygen atoms in total. The molecule has 16 heavy (non-hydrogen) atoms. The van der Waals surface area contributed by atoms with Crippen LogP contribution in [0.25, 0.3) is 0 Å². The summed E-state index contributed by atoms with van der Waals surface area (Å²) in [5.74, 6) is 0. The quantitative estimate of drug-likeness (QED) is 0.589. The van der Waals surface area contributed by atoms with Crippen LogP contribution < -0.4 is 22.1 Å². The summed E-state index contributed by atoms with van der Waals surface area (Å²) in [6.45, 7) is 3.12. The molecule has 1 aliphatic rings. The zero-order chi connectivity index (χ0) is 11.5. The predicted octanol–water partition coefficient (Wildman–Crippen LogP) is 2.25. The van der Waals surface area contributed by atoms with Crippen LogP contribution in [0.4, 0.5) is 22.7 Å². The van der Waals surface area contributed by atoms with Gasteiger partial charge in [-0.15, -0.1) is 0 Å². The lowest BCUT2D eigenvalue weighted by atomic mass is 10.0. The van der Waals surface area contributed by atoms with Crippen molar-refractivity contribution in [3.05, 3.63) is 12.1 Å². The predicted molar refractivity (Wildman–Crippen MR) is 70.7 cm³/mol. The first-order valence-electron chi connectivity index (χ1n) is 5.90. The summed E-state index contributed by atoms with van der Waals surface area (Å²) >= 11 is 0. The van der Waals surface area contributed by atoms with E-state index >= 15 is 0 Å². The van der Waals surface area contributed by atoms with Crippen molar-refractivity contribution in [2.24, 2.45) is 0 Å². The fourth-order valence-electron chi connectivity index (χ4n) is 2.09. The lowest BCUT2D eigenvalue weighted by molar-refractivity contribution is 0.620. The first kappa shape index (κ1) is 10.9. The average molecular weight is 220 g/mol. The Kier molecular flexibility index (Phi) is 3.08. The summed E-state index contributed by atoms with van der Waals surface area (Å²) in [5, 5.41) is 6.84. The van der Waals surface area contributed by atoms with Crippen molar-refractivity contribution in [1.29, 1.82) is 0 Å². The highest BCUT2D eigenvalue weighted by atomic mass is 15.1. The van der Waals surface area contributed by atoms with E-state index < -0.39 is 0 Å². The van der Waals surface area contributed by atoms with Crippen molar-refractivity contribution in [3.8, 4) is 0 Å². The van der Waals surface area contributed by atoms with Gasteiger partial charge in [-0.2, -0.15) is 0 Å². The molecular formula is C12H20N4. The number of fused-ring (bicyclic) bond motifs is 1. The number of nitrogens with one attached hydrogen (secondary N) is 2. The van der Waals surface area contributed by atoms with Crippen LogP contribution >= 0.6 is 0 Å². The van der Waals surface area contributed by atoms with Gasteiger partial charge in [-0.05, 0) is 18.6 Å². The smallest absolute Gasteiger partial charge is 0.0833 e. The molecule has 0 saturated carbocycles. The van der Waals surface area contributed by atoms with Gasteiger partial charge in [-0.25, -0.2) is 0 Å². The molecule has 1 aromatic rings. The number of rotatable bonds is 3. The normalized spacial score (nSPS) is 18.4. The van der Waals surface area contributed by atoms with Gasteiger partial charge in [0.1, 0.15) is 0 Å². The number of hydrogen-bond acceptors (Lipinski definition) is 4. The van der Waals surface area contributed by atoms with Gasteiger partial charge in [0, 0.05) is 12.6 Å². The Bertz CT molecular complexity index is 376. The van der Waals surface area contributed by atoms with E-state index in [1.54, 1.807) is 0 Å². The number of nitrogens with two attached hydrogens (primary N) is 2. The fourth-order valence-corrected chi connectivity index (χ4v) is 2.09. The minimum absolute atomic E-state index is 0.455. The first-order chi connectivity index (χ1) is 7.72. The van der Waals surface area contributed by atoms with Crippen LogP contribution in [0.15, 0.2) is 12.1 Å². The third-order valence-corrected chi connectivity index (χ3v) is 3.05. The standard InChI is InChI=1S/C12H20N4/c1-2-3-4-8-7-15-11-9(13)5-6-10(14)12(11)16-8/h5-6,8,15-16H,2-4,7,13-14H2,1H3. The molecule has 1 aliphatic heterocycles. The second-order valence-electron chi connectivity index (χ2n) is 4.36. The van der Waals surface area contributed by atoms with Gasteiger partial charge in [-0.1, -0.05) is 19.8 Å². The van der Waals surface area contributed by atoms with Crippen LogP contribution in [0.1, 0.15) is 26.2 Å². The van der Waals surface area contributed by atoms with Gasteiger partial charge in [0.25, 0.3) is 0 Å². The molecule has 1 unspecified atom stereocenters. The monoisotopic (exact) mass is 220 g/mol. The summed E-state index contributed by atoms with van der Waals surface area (Å²) in [4.78, 5) is 0. The number of benzene rings is 1. The maximum Gasteiger partial charge on any atom is 0.0833 e. The second-order valence-corrected chi connectivity index (χ2v) is 4.36. The molecule has 0 spiro atoms. The van der Waals surface area contributed by atoms with E-state index in [-0.39, 0.29) is 0 Å². The van der Waals surface area contributed by atoms with E-state index in [9.17, 15) is 0 Å². The van der Waals surface area contributed by atoms with Crippen LogP contribution in [0.3, 0.4) is 0 Å².